The quantitative estimate of drug-likeness (QED) is 0.840. The molecule has 1 aliphatic rings. The Morgan fingerprint density at radius 2 is 2.11 bits per heavy atom. The minimum Gasteiger partial charge on any atom is -0.368 e. The summed E-state index contributed by atoms with van der Waals surface area (Å²) in [4.78, 5) is 23.9. The van der Waals surface area contributed by atoms with Crippen LogP contribution in [-0.2, 0) is 4.79 Å². The van der Waals surface area contributed by atoms with Gasteiger partial charge >= 0.3 is 0 Å². The van der Waals surface area contributed by atoms with E-state index in [4.69, 9.17) is 5.73 Å². The zero-order chi connectivity index (χ0) is 13.1. The SMILES string of the molecule is Cc1cc(N(C)CC(=O)N2CCCC2)nc(N)n1. The first kappa shape index (κ1) is 12.6. The van der Waals surface area contributed by atoms with Crippen molar-refractivity contribution in [1.29, 1.82) is 0 Å². The molecule has 1 fully saturated rings. The first-order valence-electron chi connectivity index (χ1n) is 6.16. The number of carbonyl (C=O) groups is 1. The molecule has 0 saturated carbocycles. The topological polar surface area (TPSA) is 75.4 Å². The predicted octanol–water partition coefficient (Wildman–Crippen LogP) is 0.426. The first-order chi connectivity index (χ1) is 8.56. The van der Waals surface area contributed by atoms with E-state index in [1.165, 1.54) is 0 Å². The molecular weight excluding hydrogens is 230 g/mol. The third-order valence-corrected chi connectivity index (χ3v) is 3.08. The zero-order valence-corrected chi connectivity index (χ0v) is 10.9. The molecule has 1 aromatic rings. The van der Waals surface area contributed by atoms with Gasteiger partial charge in [-0.2, -0.15) is 4.98 Å². The summed E-state index contributed by atoms with van der Waals surface area (Å²) in [6.07, 6.45) is 2.21. The molecule has 1 aromatic heterocycles. The van der Waals surface area contributed by atoms with Crippen molar-refractivity contribution in [2.45, 2.75) is 19.8 Å². The van der Waals surface area contributed by atoms with Gasteiger partial charge in [0.25, 0.3) is 0 Å². The highest BCUT2D eigenvalue weighted by molar-refractivity contribution is 5.81. The molecule has 0 spiro atoms. The van der Waals surface area contributed by atoms with Crippen molar-refractivity contribution < 1.29 is 4.79 Å². The van der Waals surface area contributed by atoms with E-state index in [1.54, 1.807) is 0 Å². The second kappa shape index (κ2) is 5.20. The Kier molecular flexibility index (Phi) is 3.64. The molecule has 1 amide bonds. The number of nitrogens with two attached hydrogens (primary N) is 1. The third kappa shape index (κ3) is 2.88. The van der Waals surface area contributed by atoms with E-state index in [0.717, 1.165) is 31.6 Å². The number of rotatable bonds is 3. The number of nitrogens with zero attached hydrogens (tertiary/aromatic N) is 4. The van der Waals surface area contributed by atoms with E-state index in [0.29, 0.717) is 12.4 Å². The molecule has 2 N–H and O–H groups in total. The van der Waals surface area contributed by atoms with Gasteiger partial charge in [-0.05, 0) is 19.8 Å². The molecule has 0 unspecified atom stereocenters. The van der Waals surface area contributed by atoms with Gasteiger partial charge in [0.15, 0.2) is 0 Å². The molecule has 0 bridgehead atoms. The molecule has 18 heavy (non-hydrogen) atoms. The van der Waals surface area contributed by atoms with E-state index in [2.05, 4.69) is 9.97 Å². The predicted molar refractivity (Wildman–Crippen MR) is 70.3 cm³/mol. The van der Waals surface area contributed by atoms with E-state index >= 15 is 0 Å². The summed E-state index contributed by atoms with van der Waals surface area (Å²) in [5.74, 6) is 1.07. The molecule has 6 heteroatoms. The van der Waals surface area contributed by atoms with E-state index in [-0.39, 0.29) is 11.9 Å². The minimum absolute atomic E-state index is 0.143. The highest BCUT2D eigenvalue weighted by Gasteiger charge is 2.19. The van der Waals surface area contributed by atoms with Crippen LogP contribution in [0.4, 0.5) is 11.8 Å². The molecule has 2 heterocycles. The normalized spacial score (nSPS) is 14.9. The van der Waals surface area contributed by atoms with Crippen molar-refractivity contribution in [3.63, 3.8) is 0 Å². The van der Waals surface area contributed by atoms with E-state index in [1.807, 2.05) is 29.8 Å². The first-order valence-corrected chi connectivity index (χ1v) is 6.16. The lowest BCUT2D eigenvalue weighted by Gasteiger charge is -2.22. The molecule has 0 aliphatic carbocycles. The summed E-state index contributed by atoms with van der Waals surface area (Å²) >= 11 is 0. The van der Waals surface area contributed by atoms with Crippen LogP contribution in [0.1, 0.15) is 18.5 Å². The lowest BCUT2D eigenvalue weighted by atomic mass is 10.4. The number of anilines is 2. The lowest BCUT2D eigenvalue weighted by molar-refractivity contribution is -0.128. The minimum atomic E-state index is 0.143. The fourth-order valence-corrected chi connectivity index (χ4v) is 2.12. The molecule has 2 rings (SSSR count). The van der Waals surface area contributed by atoms with Crippen LogP contribution in [0.5, 0.6) is 0 Å². The van der Waals surface area contributed by atoms with Crippen LogP contribution in [0.15, 0.2) is 6.07 Å². The maximum absolute atomic E-state index is 12.0. The Morgan fingerprint density at radius 3 is 2.72 bits per heavy atom. The van der Waals surface area contributed by atoms with Crippen molar-refractivity contribution >= 4 is 17.7 Å². The second-order valence-electron chi connectivity index (χ2n) is 4.67. The standard InChI is InChI=1S/C12H19N5O/c1-9-7-10(15-12(13)14-9)16(2)8-11(18)17-5-3-4-6-17/h7H,3-6,8H2,1-2H3,(H2,13,14,15). The van der Waals surface area contributed by atoms with Gasteiger partial charge in [-0.25, -0.2) is 4.98 Å². The Balaban J connectivity index is 2.02. The number of carbonyl (C=O) groups excluding carboxylic acids is 1. The Labute approximate surface area is 107 Å². The average molecular weight is 249 g/mol. The Morgan fingerprint density at radius 1 is 1.44 bits per heavy atom. The summed E-state index contributed by atoms with van der Waals surface area (Å²) in [5.41, 5.74) is 6.41. The van der Waals surface area contributed by atoms with Crippen LogP contribution >= 0.6 is 0 Å². The van der Waals surface area contributed by atoms with Crippen LogP contribution < -0.4 is 10.6 Å². The van der Waals surface area contributed by atoms with Gasteiger partial charge in [-0.3, -0.25) is 4.79 Å². The summed E-state index contributed by atoms with van der Waals surface area (Å²) in [6, 6.07) is 1.83. The lowest BCUT2D eigenvalue weighted by Crippen LogP contribution is -2.37. The van der Waals surface area contributed by atoms with Gasteiger partial charge in [0.05, 0.1) is 6.54 Å². The maximum atomic E-state index is 12.0. The summed E-state index contributed by atoms with van der Waals surface area (Å²) < 4.78 is 0. The van der Waals surface area contributed by atoms with Gasteiger partial charge in [-0.1, -0.05) is 0 Å². The molecule has 98 valence electrons. The molecule has 0 radical (unpaired) electrons. The molecule has 1 aliphatic heterocycles. The van der Waals surface area contributed by atoms with Crippen molar-refractivity contribution in [2.24, 2.45) is 0 Å². The van der Waals surface area contributed by atoms with Gasteiger partial charge in [-0.15, -0.1) is 0 Å². The highest BCUT2D eigenvalue weighted by Crippen LogP contribution is 2.13. The summed E-state index contributed by atoms with van der Waals surface area (Å²) in [7, 11) is 1.84. The van der Waals surface area contributed by atoms with Crippen molar-refractivity contribution in [3.05, 3.63) is 11.8 Å². The zero-order valence-electron chi connectivity index (χ0n) is 10.9. The number of hydrogen-bond acceptors (Lipinski definition) is 5. The number of aromatic nitrogens is 2. The molecule has 1 saturated heterocycles. The average Bonchev–Trinajstić information content (AvgIpc) is 2.80. The van der Waals surface area contributed by atoms with Crippen molar-refractivity contribution in [2.75, 3.05) is 37.3 Å². The van der Waals surface area contributed by atoms with Gasteiger partial charge in [0.2, 0.25) is 11.9 Å². The van der Waals surface area contributed by atoms with E-state index < -0.39 is 0 Å². The van der Waals surface area contributed by atoms with Crippen LogP contribution in [0.2, 0.25) is 0 Å². The van der Waals surface area contributed by atoms with Gasteiger partial charge in [0, 0.05) is 31.9 Å². The third-order valence-electron chi connectivity index (χ3n) is 3.08. The van der Waals surface area contributed by atoms with Crippen LogP contribution in [0, 0.1) is 6.92 Å². The van der Waals surface area contributed by atoms with Crippen molar-refractivity contribution in [1.82, 2.24) is 14.9 Å². The smallest absolute Gasteiger partial charge is 0.242 e. The fraction of sp³-hybridized carbons (Fsp3) is 0.583. The Bertz CT molecular complexity index is 422. The number of likely N-dealkylation sites (tertiary alicyclic amines) is 1. The van der Waals surface area contributed by atoms with Crippen molar-refractivity contribution in [3.8, 4) is 0 Å². The molecule has 6 nitrogen and oxygen atoms in total. The fourth-order valence-electron chi connectivity index (χ4n) is 2.12. The summed E-state index contributed by atoms with van der Waals surface area (Å²) in [5, 5.41) is 0. The van der Waals surface area contributed by atoms with Crippen LogP contribution in [0.3, 0.4) is 0 Å². The number of amides is 1. The highest BCUT2D eigenvalue weighted by atomic mass is 16.2. The molecule has 0 aromatic carbocycles. The van der Waals surface area contributed by atoms with Crippen LogP contribution in [0.25, 0.3) is 0 Å². The summed E-state index contributed by atoms with van der Waals surface area (Å²) in [6.45, 7) is 3.93. The van der Waals surface area contributed by atoms with Gasteiger partial charge < -0.3 is 15.5 Å². The van der Waals surface area contributed by atoms with Gasteiger partial charge in [0.1, 0.15) is 5.82 Å². The number of hydrogen-bond donors (Lipinski definition) is 1. The monoisotopic (exact) mass is 249 g/mol. The maximum Gasteiger partial charge on any atom is 0.242 e. The Hall–Kier alpha value is -1.85. The van der Waals surface area contributed by atoms with E-state index in [9.17, 15) is 4.79 Å². The second-order valence-corrected chi connectivity index (χ2v) is 4.67. The molecule has 0 atom stereocenters. The number of aryl methyl sites for hydroxylation is 1. The van der Waals surface area contributed by atoms with Crippen LogP contribution in [-0.4, -0.2) is 47.5 Å². The molecular formula is C12H19N5O. The largest absolute Gasteiger partial charge is 0.368 e. The number of likely N-dealkylation sites (N-methyl/N-ethyl adjacent to an activating group) is 1. The number of nitrogen functional groups attached to an aromatic ring is 1.